The van der Waals surface area contributed by atoms with Gasteiger partial charge in [-0.2, -0.15) is 0 Å². The molecule has 0 amide bonds. The highest BCUT2D eigenvalue weighted by Gasteiger charge is 2.05. The number of hydrogen-bond acceptors (Lipinski definition) is 0. The minimum absolute atomic E-state index is 1.19. The third-order valence-corrected chi connectivity index (χ3v) is 3.08. The van der Waals surface area contributed by atoms with Gasteiger partial charge in [-0.15, -0.1) is 0 Å². The second-order valence-corrected chi connectivity index (χ2v) is 4.04. The first-order valence-electron chi connectivity index (χ1n) is 5.52. The third kappa shape index (κ3) is 1.79. The van der Waals surface area contributed by atoms with Crippen molar-refractivity contribution in [2.24, 2.45) is 0 Å². The normalized spacial score (nSPS) is 10.1. The largest absolute Gasteiger partial charge is 0.0984 e. The quantitative estimate of drug-likeness (QED) is 0.676. The third-order valence-electron chi connectivity index (χ3n) is 3.08. The highest BCUT2D eigenvalue weighted by Crippen LogP contribution is 2.28. The first kappa shape index (κ1) is 10.7. The van der Waals surface area contributed by atoms with Crippen molar-refractivity contribution in [3.8, 4) is 11.1 Å². The molecule has 0 spiro atoms. The van der Waals surface area contributed by atoms with Crippen molar-refractivity contribution in [2.75, 3.05) is 0 Å². The van der Waals surface area contributed by atoms with Gasteiger partial charge < -0.3 is 0 Å². The SMILES string of the molecule is C=Cc1ccccc1-c1cccc(C)c1C. The first-order valence-corrected chi connectivity index (χ1v) is 5.52. The monoisotopic (exact) mass is 208 g/mol. The molecule has 0 bridgehead atoms. The summed E-state index contributed by atoms with van der Waals surface area (Å²) in [6.07, 6.45) is 1.91. The molecular formula is C16H16. The van der Waals surface area contributed by atoms with E-state index < -0.39 is 0 Å². The van der Waals surface area contributed by atoms with E-state index in [1.165, 1.54) is 27.8 Å². The summed E-state index contributed by atoms with van der Waals surface area (Å²) in [5.74, 6) is 0. The van der Waals surface area contributed by atoms with Gasteiger partial charge in [0.1, 0.15) is 0 Å². The molecule has 0 aromatic heterocycles. The summed E-state index contributed by atoms with van der Waals surface area (Å²) >= 11 is 0. The zero-order valence-electron chi connectivity index (χ0n) is 9.83. The van der Waals surface area contributed by atoms with Crippen molar-refractivity contribution in [2.45, 2.75) is 13.8 Å². The molecule has 0 N–H and O–H groups in total. The maximum Gasteiger partial charge on any atom is -0.0109 e. The molecule has 0 heteroatoms. The molecule has 2 aromatic carbocycles. The fourth-order valence-corrected chi connectivity index (χ4v) is 1.96. The van der Waals surface area contributed by atoms with Gasteiger partial charge >= 0.3 is 0 Å². The van der Waals surface area contributed by atoms with E-state index in [4.69, 9.17) is 0 Å². The number of aryl methyl sites for hydroxylation is 1. The van der Waals surface area contributed by atoms with E-state index in [1.807, 2.05) is 12.1 Å². The van der Waals surface area contributed by atoms with Crippen LogP contribution in [0.2, 0.25) is 0 Å². The van der Waals surface area contributed by atoms with Crippen LogP contribution in [0.4, 0.5) is 0 Å². The molecule has 0 aliphatic heterocycles. The fraction of sp³-hybridized carbons (Fsp3) is 0.125. The Bertz CT molecular complexity index is 521. The smallest absolute Gasteiger partial charge is 0.0109 e. The Hall–Kier alpha value is -1.82. The fourth-order valence-electron chi connectivity index (χ4n) is 1.96. The summed E-state index contributed by atoms with van der Waals surface area (Å²) in [5.41, 5.74) is 6.43. The van der Waals surface area contributed by atoms with Crippen LogP contribution in [0.15, 0.2) is 49.0 Å². The highest BCUT2D eigenvalue weighted by atomic mass is 14.1. The van der Waals surface area contributed by atoms with Crippen molar-refractivity contribution in [1.29, 1.82) is 0 Å². The van der Waals surface area contributed by atoms with Crippen LogP contribution in [0.1, 0.15) is 16.7 Å². The maximum atomic E-state index is 3.87. The lowest BCUT2D eigenvalue weighted by molar-refractivity contribution is 1.34. The minimum Gasteiger partial charge on any atom is -0.0984 e. The highest BCUT2D eigenvalue weighted by molar-refractivity contribution is 5.77. The molecule has 0 aliphatic carbocycles. The second kappa shape index (κ2) is 4.36. The van der Waals surface area contributed by atoms with Gasteiger partial charge in [0.2, 0.25) is 0 Å². The Morgan fingerprint density at radius 3 is 2.31 bits per heavy atom. The van der Waals surface area contributed by atoms with Crippen LogP contribution < -0.4 is 0 Å². The van der Waals surface area contributed by atoms with Crippen molar-refractivity contribution in [1.82, 2.24) is 0 Å². The van der Waals surface area contributed by atoms with Crippen molar-refractivity contribution in [3.05, 3.63) is 65.7 Å². The van der Waals surface area contributed by atoms with E-state index in [0.29, 0.717) is 0 Å². The van der Waals surface area contributed by atoms with E-state index >= 15 is 0 Å². The summed E-state index contributed by atoms with van der Waals surface area (Å²) in [6, 6.07) is 14.8. The van der Waals surface area contributed by atoms with Crippen LogP contribution in [0.25, 0.3) is 17.2 Å². The Morgan fingerprint density at radius 1 is 0.875 bits per heavy atom. The van der Waals surface area contributed by atoms with Gasteiger partial charge in [0, 0.05) is 0 Å². The Balaban J connectivity index is 2.67. The number of benzene rings is 2. The van der Waals surface area contributed by atoms with E-state index in [2.05, 4.69) is 56.8 Å². The molecule has 0 fully saturated rings. The topological polar surface area (TPSA) is 0 Å². The second-order valence-electron chi connectivity index (χ2n) is 4.04. The zero-order chi connectivity index (χ0) is 11.5. The van der Waals surface area contributed by atoms with Gasteiger partial charge in [-0.1, -0.05) is 55.1 Å². The summed E-state index contributed by atoms with van der Waals surface area (Å²) in [4.78, 5) is 0. The predicted octanol–water partition coefficient (Wildman–Crippen LogP) is 4.61. The van der Waals surface area contributed by atoms with Gasteiger partial charge in [-0.3, -0.25) is 0 Å². The Morgan fingerprint density at radius 2 is 1.56 bits per heavy atom. The standard InChI is InChI=1S/C16H16/c1-4-14-9-5-6-10-16(14)15-11-7-8-12(2)13(15)3/h4-11H,1H2,2-3H3. The molecule has 16 heavy (non-hydrogen) atoms. The summed E-state index contributed by atoms with van der Waals surface area (Å²) in [5, 5.41) is 0. The summed E-state index contributed by atoms with van der Waals surface area (Å²) in [7, 11) is 0. The molecule has 0 radical (unpaired) electrons. The molecule has 0 saturated heterocycles. The summed E-state index contributed by atoms with van der Waals surface area (Å²) in [6.45, 7) is 8.19. The van der Waals surface area contributed by atoms with Crippen LogP contribution in [0.3, 0.4) is 0 Å². The van der Waals surface area contributed by atoms with E-state index in [9.17, 15) is 0 Å². The lowest BCUT2D eigenvalue weighted by atomic mass is 9.94. The van der Waals surface area contributed by atoms with Gasteiger partial charge in [0.25, 0.3) is 0 Å². The summed E-state index contributed by atoms with van der Waals surface area (Å²) < 4.78 is 0. The average molecular weight is 208 g/mol. The van der Waals surface area contributed by atoms with Gasteiger partial charge in [-0.05, 0) is 41.7 Å². The molecule has 0 nitrogen and oxygen atoms in total. The van der Waals surface area contributed by atoms with Gasteiger partial charge in [-0.25, -0.2) is 0 Å². The molecule has 0 heterocycles. The number of rotatable bonds is 2. The van der Waals surface area contributed by atoms with E-state index in [1.54, 1.807) is 0 Å². The predicted molar refractivity (Wildman–Crippen MR) is 71.4 cm³/mol. The van der Waals surface area contributed by atoms with Gasteiger partial charge in [0.05, 0.1) is 0 Å². The van der Waals surface area contributed by atoms with Gasteiger partial charge in [0.15, 0.2) is 0 Å². The lowest BCUT2D eigenvalue weighted by Gasteiger charge is -2.11. The molecule has 0 aliphatic rings. The maximum absolute atomic E-state index is 3.87. The first-order chi connectivity index (χ1) is 7.74. The average Bonchev–Trinajstić information content (AvgIpc) is 2.33. The zero-order valence-corrected chi connectivity index (χ0v) is 9.83. The lowest BCUT2D eigenvalue weighted by Crippen LogP contribution is -1.89. The Labute approximate surface area is 97.3 Å². The number of hydrogen-bond donors (Lipinski definition) is 0. The molecule has 80 valence electrons. The van der Waals surface area contributed by atoms with Crippen molar-refractivity contribution < 1.29 is 0 Å². The molecule has 2 rings (SSSR count). The van der Waals surface area contributed by atoms with Crippen molar-refractivity contribution in [3.63, 3.8) is 0 Å². The molecule has 0 unspecified atom stereocenters. The van der Waals surface area contributed by atoms with Crippen LogP contribution in [-0.4, -0.2) is 0 Å². The molecular weight excluding hydrogens is 192 g/mol. The molecule has 0 atom stereocenters. The van der Waals surface area contributed by atoms with Crippen LogP contribution in [-0.2, 0) is 0 Å². The minimum atomic E-state index is 1.19. The van der Waals surface area contributed by atoms with Crippen LogP contribution in [0.5, 0.6) is 0 Å². The van der Waals surface area contributed by atoms with E-state index in [0.717, 1.165) is 0 Å². The Kier molecular flexibility index (Phi) is 2.91. The van der Waals surface area contributed by atoms with Crippen molar-refractivity contribution >= 4 is 6.08 Å². The molecule has 2 aromatic rings. The van der Waals surface area contributed by atoms with E-state index in [-0.39, 0.29) is 0 Å². The van der Waals surface area contributed by atoms with Crippen LogP contribution >= 0.6 is 0 Å². The molecule has 0 saturated carbocycles. The van der Waals surface area contributed by atoms with Crippen LogP contribution in [0, 0.1) is 13.8 Å².